The highest BCUT2D eigenvalue weighted by atomic mass is 31.2. The summed E-state index contributed by atoms with van der Waals surface area (Å²) < 4.78 is 36.3. The zero-order valence-electron chi connectivity index (χ0n) is 13.9. The summed E-state index contributed by atoms with van der Waals surface area (Å²) in [6, 6.07) is 0. The molecule has 0 bridgehead atoms. The molecule has 0 aromatic carbocycles. The van der Waals surface area contributed by atoms with Gasteiger partial charge in [0.15, 0.2) is 17.7 Å². The molecule has 3 rings (SSSR count). The van der Waals surface area contributed by atoms with Crippen LogP contribution in [0.2, 0.25) is 0 Å². The Hall–Kier alpha value is -1.59. The Balaban J connectivity index is 1.89. The second kappa shape index (κ2) is 7.92. The quantitative estimate of drug-likeness (QED) is 0.0976. The van der Waals surface area contributed by atoms with E-state index in [1.807, 2.05) is 0 Å². The topological polar surface area (TPSA) is 262 Å². The number of aromatic nitrogens is 4. The fourth-order valence-electron chi connectivity index (χ4n) is 2.56. The van der Waals surface area contributed by atoms with E-state index in [1.165, 1.54) is 0 Å². The maximum absolute atomic E-state index is 11.1. The number of ether oxygens (including phenoxy) is 1. The minimum absolute atomic E-state index is 0.0134. The van der Waals surface area contributed by atoms with Crippen LogP contribution in [0, 0.1) is 0 Å². The van der Waals surface area contributed by atoms with Crippen molar-refractivity contribution in [1.29, 1.82) is 0 Å². The van der Waals surface area contributed by atoms with Crippen LogP contribution in [0.3, 0.4) is 0 Å². The molecule has 0 amide bonds. The first kappa shape index (κ1) is 22.1. The average Bonchev–Trinajstić information content (AvgIpc) is 3.13. The molecule has 1 aliphatic heterocycles. The largest absolute Gasteiger partial charge is 0.496 e. The van der Waals surface area contributed by atoms with Gasteiger partial charge in [-0.2, -0.15) is 4.89 Å². The molecule has 5 atom stereocenters. The third-order valence-corrected chi connectivity index (χ3v) is 4.44. The summed E-state index contributed by atoms with van der Waals surface area (Å²) in [6.45, 7) is 0. The molecule has 1 aliphatic rings. The van der Waals surface area contributed by atoms with Gasteiger partial charge in [0.25, 0.3) is 0 Å². The number of nitrogen functional groups attached to an aromatic ring is 1. The second-order valence-electron chi connectivity index (χ2n) is 5.68. The van der Waals surface area contributed by atoms with Crippen LogP contribution >= 0.6 is 15.6 Å². The van der Waals surface area contributed by atoms with Crippen molar-refractivity contribution in [2.75, 3.05) is 5.73 Å². The number of aliphatic hydroxyl groups excluding tert-OH is 2. The summed E-state index contributed by atoms with van der Waals surface area (Å²) in [4.78, 5) is 51.1. The van der Waals surface area contributed by atoms with E-state index in [4.69, 9.17) is 30.0 Å². The number of rotatable bonds is 7. The van der Waals surface area contributed by atoms with E-state index in [1.54, 1.807) is 0 Å². The van der Waals surface area contributed by atoms with Gasteiger partial charge in [-0.1, -0.05) is 0 Å². The Morgan fingerprint density at radius 3 is 2.41 bits per heavy atom. The van der Waals surface area contributed by atoms with Crippen molar-refractivity contribution < 1.29 is 57.7 Å². The minimum Gasteiger partial charge on any atom is -0.387 e. The van der Waals surface area contributed by atoms with Crippen LogP contribution < -0.4 is 5.73 Å². The smallest absolute Gasteiger partial charge is 0.387 e. The van der Waals surface area contributed by atoms with Gasteiger partial charge >= 0.3 is 15.6 Å². The zero-order valence-corrected chi connectivity index (χ0v) is 15.7. The molecule has 19 heteroatoms. The first-order valence-corrected chi connectivity index (χ1v) is 10.5. The lowest BCUT2D eigenvalue weighted by molar-refractivity contribution is -0.338. The maximum atomic E-state index is 11.1. The standard InChI is InChI=1S/C10H15N5O12P2/c11-7-3-8(13-1-12-7)15(2-14-3)9-5(17)4(16)6(24-9)10(26-28(18,19)20)25-27-29(21,22)23/h1-2,4-6,9-10,16-17H,(H2,11,12,13)(H2,18,19,20)(H2,21,22,23)/t4-,5+,6-,9+,10?/m0/s1. The van der Waals surface area contributed by atoms with E-state index in [9.17, 15) is 19.3 Å². The molecule has 17 nitrogen and oxygen atoms in total. The molecular weight excluding hydrogens is 444 g/mol. The third kappa shape index (κ3) is 4.95. The first-order chi connectivity index (χ1) is 13.4. The second-order valence-corrected chi connectivity index (χ2v) is 8.00. The number of hydrogen-bond donors (Lipinski definition) is 7. The lowest BCUT2D eigenvalue weighted by atomic mass is 10.1. The van der Waals surface area contributed by atoms with E-state index in [2.05, 4.69) is 29.0 Å². The lowest BCUT2D eigenvalue weighted by Gasteiger charge is -2.24. The molecule has 162 valence electrons. The first-order valence-electron chi connectivity index (χ1n) is 7.46. The molecule has 8 N–H and O–H groups in total. The van der Waals surface area contributed by atoms with Gasteiger partial charge in [-0.25, -0.2) is 24.1 Å². The van der Waals surface area contributed by atoms with Crippen LogP contribution in [-0.4, -0.2) is 73.9 Å². The molecule has 0 saturated carbocycles. The molecule has 2 aromatic heterocycles. The predicted molar refractivity (Wildman–Crippen MR) is 86.8 cm³/mol. The lowest BCUT2D eigenvalue weighted by Crippen LogP contribution is -2.41. The Morgan fingerprint density at radius 1 is 1.10 bits per heavy atom. The van der Waals surface area contributed by atoms with Gasteiger partial charge < -0.3 is 40.3 Å². The normalized spacial score (nSPS) is 26.8. The van der Waals surface area contributed by atoms with Crippen LogP contribution in [0.1, 0.15) is 6.23 Å². The fourth-order valence-corrected chi connectivity index (χ4v) is 3.19. The fraction of sp³-hybridized carbons (Fsp3) is 0.500. The SMILES string of the molecule is Nc1ncnc2c1ncn2[C@@H]1O[C@H](C(OOP(=O)(O)O)OP(=O)(O)O)[C@@H](O)[C@H]1O. The average molecular weight is 459 g/mol. The Kier molecular flexibility index (Phi) is 6.03. The molecule has 1 unspecified atom stereocenters. The van der Waals surface area contributed by atoms with Crippen LogP contribution in [-0.2, 0) is 28.0 Å². The van der Waals surface area contributed by atoms with Crippen molar-refractivity contribution in [3.8, 4) is 0 Å². The zero-order chi connectivity index (χ0) is 21.6. The summed E-state index contributed by atoms with van der Waals surface area (Å²) in [5.41, 5.74) is 5.89. The highest BCUT2D eigenvalue weighted by Gasteiger charge is 2.51. The van der Waals surface area contributed by atoms with Gasteiger partial charge in [-0.15, -0.1) is 4.67 Å². The molecule has 0 radical (unpaired) electrons. The number of hydrogen-bond acceptors (Lipinski definition) is 12. The number of phosphoric acid groups is 2. The molecule has 29 heavy (non-hydrogen) atoms. The molecule has 1 saturated heterocycles. The maximum Gasteiger partial charge on any atom is 0.496 e. The molecule has 2 aromatic rings. The van der Waals surface area contributed by atoms with Crippen molar-refractivity contribution in [1.82, 2.24) is 19.5 Å². The van der Waals surface area contributed by atoms with Crippen LogP contribution in [0.15, 0.2) is 12.7 Å². The van der Waals surface area contributed by atoms with Crippen molar-refractivity contribution >= 4 is 32.6 Å². The van der Waals surface area contributed by atoms with Gasteiger partial charge in [0.2, 0.25) is 6.29 Å². The summed E-state index contributed by atoms with van der Waals surface area (Å²) in [5.74, 6) is 0.0134. The number of nitrogens with two attached hydrogens (primary N) is 1. The Morgan fingerprint density at radius 2 is 1.79 bits per heavy atom. The number of nitrogens with zero attached hydrogens (tertiary/aromatic N) is 4. The van der Waals surface area contributed by atoms with E-state index in [0.29, 0.717) is 0 Å². The van der Waals surface area contributed by atoms with E-state index in [0.717, 1.165) is 17.2 Å². The summed E-state index contributed by atoms with van der Waals surface area (Å²) in [6.07, 6.45) is -7.07. The number of aliphatic hydroxyl groups is 2. The highest BCUT2D eigenvalue weighted by Crippen LogP contribution is 2.44. The summed E-state index contributed by atoms with van der Waals surface area (Å²) in [7, 11) is -10.6. The molecular formula is C10H15N5O12P2. The van der Waals surface area contributed by atoms with Crippen molar-refractivity contribution in [2.45, 2.75) is 30.8 Å². The van der Waals surface area contributed by atoms with Gasteiger partial charge in [0.1, 0.15) is 30.2 Å². The Bertz CT molecular complexity index is 975. The van der Waals surface area contributed by atoms with E-state index < -0.39 is 46.5 Å². The van der Waals surface area contributed by atoms with E-state index >= 15 is 0 Å². The van der Waals surface area contributed by atoms with Crippen molar-refractivity contribution in [2.24, 2.45) is 0 Å². The van der Waals surface area contributed by atoms with Crippen LogP contribution in [0.25, 0.3) is 11.2 Å². The van der Waals surface area contributed by atoms with E-state index in [-0.39, 0.29) is 17.0 Å². The van der Waals surface area contributed by atoms with Crippen molar-refractivity contribution in [3.63, 3.8) is 0 Å². The van der Waals surface area contributed by atoms with Crippen molar-refractivity contribution in [3.05, 3.63) is 12.7 Å². The van der Waals surface area contributed by atoms with Crippen LogP contribution in [0.5, 0.6) is 0 Å². The number of anilines is 1. The van der Waals surface area contributed by atoms with Gasteiger partial charge in [-0.3, -0.25) is 9.09 Å². The molecule has 1 fully saturated rings. The number of imidazole rings is 1. The predicted octanol–water partition coefficient (Wildman–Crippen LogP) is -2.50. The number of phosphoric ester groups is 1. The molecule has 0 spiro atoms. The highest BCUT2D eigenvalue weighted by molar-refractivity contribution is 7.46. The minimum atomic E-state index is -5.32. The summed E-state index contributed by atoms with van der Waals surface area (Å²) >= 11 is 0. The van der Waals surface area contributed by atoms with Gasteiger partial charge in [0, 0.05) is 0 Å². The monoisotopic (exact) mass is 459 g/mol. The third-order valence-electron chi connectivity index (χ3n) is 3.68. The van der Waals surface area contributed by atoms with Crippen LogP contribution in [0.4, 0.5) is 5.82 Å². The Labute approximate surface area is 160 Å². The summed E-state index contributed by atoms with van der Waals surface area (Å²) in [5, 5.41) is 20.5. The van der Waals surface area contributed by atoms with Gasteiger partial charge in [-0.05, 0) is 0 Å². The molecule has 3 heterocycles. The van der Waals surface area contributed by atoms with Gasteiger partial charge in [0.05, 0.1) is 6.33 Å². The molecule has 0 aliphatic carbocycles. The number of fused-ring (bicyclic) bond motifs is 1.